The zero-order chi connectivity index (χ0) is 15.5. The third-order valence-corrected chi connectivity index (χ3v) is 4.41. The quantitative estimate of drug-likeness (QED) is 0.873. The smallest absolute Gasteiger partial charge is 0.229 e. The molecule has 2 rings (SSSR count). The van der Waals surface area contributed by atoms with Gasteiger partial charge >= 0.3 is 0 Å². The Bertz CT molecular complexity index is 479. The minimum absolute atomic E-state index is 0. The molecular formula is C17H27ClN2O2. The van der Waals surface area contributed by atoms with Crippen molar-refractivity contribution >= 4 is 18.3 Å². The van der Waals surface area contributed by atoms with Crippen molar-refractivity contribution in [3.05, 3.63) is 35.9 Å². The van der Waals surface area contributed by atoms with Gasteiger partial charge in [-0.05, 0) is 38.7 Å². The summed E-state index contributed by atoms with van der Waals surface area (Å²) in [5.74, 6) is 0.104. The molecule has 5 heteroatoms. The second-order valence-corrected chi connectivity index (χ2v) is 6.54. The molecule has 1 aliphatic heterocycles. The lowest BCUT2D eigenvalue weighted by molar-refractivity contribution is -0.141. The average molecular weight is 327 g/mol. The van der Waals surface area contributed by atoms with E-state index in [2.05, 4.69) is 0 Å². The van der Waals surface area contributed by atoms with Gasteiger partial charge in [-0.25, -0.2) is 0 Å². The minimum atomic E-state index is -0.527. The fourth-order valence-corrected chi connectivity index (χ4v) is 2.89. The average Bonchev–Trinajstić information content (AvgIpc) is 2.95. The van der Waals surface area contributed by atoms with Gasteiger partial charge in [0.15, 0.2) is 0 Å². The van der Waals surface area contributed by atoms with Gasteiger partial charge in [-0.3, -0.25) is 4.79 Å². The van der Waals surface area contributed by atoms with Crippen LogP contribution in [0.15, 0.2) is 30.3 Å². The lowest BCUT2D eigenvalue weighted by atomic mass is 9.91. The lowest BCUT2D eigenvalue weighted by Crippen LogP contribution is -2.47. The van der Waals surface area contributed by atoms with E-state index in [9.17, 15) is 9.90 Å². The number of hydrogen-bond acceptors (Lipinski definition) is 3. The molecule has 3 N–H and O–H groups in total. The Morgan fingerprint density at radius 1 is 1.41 bits per heavy atom. The molecule has 0 aliphatic carbocycles. The van der Waals surface area contributed by atoms with E-state index in [0.29, 0.717) is 13.0 Å². The second-order valence-electron chi connectivity index (χ2n) is 6.54. The monoisotopic (exact) mass is 326 g/mol. The molecule has 1 aromatic rings. The molecule has 0 bridgehead atoms. The molecule has 1 aliphatic rings. The molecule has 0 radical (unpaired) electrons. The fraction of sp³-hybridized carbons (Fsp3) is 0.588. The number of halogens is 1. The summed E-state index contributed by atoms with van der Waals surface area (Å²) >= 11 is 0. The lowest BCUT2D eigenvalue weighted by Gasteiger charge is -2.33. The predicted octanol–water partition coefficient (Wildman–Crippen LogP) is 2.51. The summed E-state index contributed by atoms with van der Waals surface area (Å²) in [6.45, 7) is 4.89. The number of nitrogens with zero attached hydrogens (tertiary/aromatic N) is 1. The Morgan fingerprint density at radius 3 is 2.64 bits per heavy atom. The van der Waals surface area contributed by atoms with Crippen LogP contribution in [0.4, 0.5) is 0 Å². The molecule has 2 atom stereocenters. The van der Waals surface area contributed by atoms with Crippen molar-refractivity contribution < 1.29 is 9.90 Å². The van der Waals surface area contributed by atoms with Gasteiger partial charge in [0.25, 0.3) is 0 Å². The Kier molecular flexibility index (Phi) is 6.85. The molecule has 1 saturated heterocycles. The molecule has 1 heterocycles. The van der Waals surface area contributed by atoms with Gasteiger partial charge in [-0.2, -0.15) is 0 Å². The Morgan fingerprint density at radius 2 is 2.05 bits per heavy atom. The number of amides is 1. The number of carbonyl (C=O) groups is 1. The molecule has 124 valence electrons. The molecular weight excluding hydrogens is 300 g/mol. The van der Waals surface area contributed by atoms with Crippen molar-refractivity contribution in [2.24, 2.45) is 11.1 Å². The largest absolute Gasteiger partial charge is 0.388 e. The van der Waals surface area contributed by atoms with E-state index in [1.807, 2.05) is 49.1 Å². The van der Waals surface area contributed by atoms with E-state index in [1.165, 1.54) is 0 Å². The summed E-state index contributed by atoms with van der Waals surface area (Å²) in [7, 11) is 0. The first-order valence-electron chi connectivity index (χ1n) is 7.70. The zero-order valence-corrected chi connectivity index (χ0v) is 14.2. The molecule has 1 amide bonds. The highest BCUT2D eigenvalue weighted by atomic mass is 35.5. The summed E-state index contributed by atoms with van der Waals surface area (Å²) in [5.41, 5.74) is 6.10. The number of hydrogen-bond donors (Lipinski definition) is 2. The molecule has 1 fully saturated rings. The van der Waals surface area contributed by atoms with Crippen LogP contribution in [0.25, 0.3) is 0 Å². The van der Waals surface area contributed by atoms with Crippen molar-refractivity contribution in [1.29, 1.82) is 0 Å². The first-order valence-corrected chi connectivity index (χ1v) is 7.70. The number of rotatable bonds is 5. The SMILES string of the molecule is CC(C)(CN)C(=O)N1CCCC1CC(O)c1ccccc1.Cl. The summed E-state index contributed by atoms with van der Waals surface area (Å²) in [5, 5.41) is 10.4. The van der Waals surface area contributed by atoms with E-state index in [-0.39, 0.29) is 24.4 Å². The highest BCUT2D eigenvalue weighted by molar-refractivity contribution is 5.85. The summed E-state index contributed by atoms with van der Waals surface area (Å²) in [6, 6.07) is 9.75. The van der Waals surface area contributed by atoms with Gasteiger partial charge in [0.05, 0.1) is 11.5 Å². The maximum Gasteiger partial charge on any atom is 0.229 e. The molecule has 2 unspecified atom stereocenters. The van der Waals surface area contributed by atoms with E-state index in [0.717, 1.165) is 24.9 Å². The Hall–Kier alpha value is -1.10. The topological polar surface area (TPSA) is 66.6 Å². The number of aliphatic hydroxyl groups excluding tert-OH is 1. The summed E-state index contributed by atoms with van der Waals surface area (Å²) in [6.07, 6.45) is 2.02. The fourth-order valence-electron chi connectivity index (χ4n) is 2.89. The third-order valence-electron chi connectivity index (χ3n) is 4.41. The Balaban J connectivity index is 0.00000242. The predicted molar refractivity (Wildman–Crippen MR) is 90.8 cm³/mol. The van der Waals surface area contributed by atoms with E-state index in [4.69, 9.17) is 5.73 Å². The molecule has 0 spiro atoms. The summed E-state index contributed by atoms with van der Waals surface area (Å²) in [4.78, 5) is 14.5. The molecule has 0 saturated carbocycles. The van der Waals surface area contributed by atoms with Gasteiger partial charge in [0, 0.05) is 19.1 Å². The van der Waals surface area contributed by atoms with Crippen molar-refractivity contribution in [3.8, 4) is 0 Å². The van der Waals surface area contributed by atoms with Crippen LogP contribution >= 0.6 is 12.4 Å². The van der Waals surface area contributed by atoms with E-state index in [1.54, 1.807) is 0 Å². The number of carbonyl (C=O) groups excluding carboxylic acids is 1. The van der Waals surface area contributed by atoms with Crippen LogP contribution in [0.2, 0.25) is 0 Å². The highest BCUT2D eigenvalue weighted by Crippen LogP contribution is 2.30. The minimum Gasteiger partial charge on any atom is -0.388 e. The zero-order valence-electron chi connectivity index (χ0n) is 13.4. The van der Waals surface area contributed by atoms with Crippen molar-refractivity contribution in [1.82, 2.24) is 4.90 Å². The maximum absolute atomic E-state index is 12.6. The maximum atomic E-state index is 12.6. The van der Waals surface area contributed by atoms with Gasteiger partial charge in [0.2, 0.25) is 5.91 Å². The highest BCUT2D eigenvalue weighted by Gasteiger charge is 2.37. The van der Waals surface area contributed by atoms with Crippen LogP contribution in [-0.4, -0.2) is 35.0 Å². The van der Waals surface area contributed by atoms with Crippen LogP contribution in [0.1, 0.15) is 44.8 Å². The van der Waals surface area contributed by atoms with Crippen molar-refractivity contribution in [2.45, 2.75) is 45.3 Å². The first-order chi connectivity index (χ1) is 9.95. The van der Waals surface area contributed by atoms with Crippen LogP contribution in [0, 0.1) is 5.41 Å². The van der Waals surface area contributed by atoms with E-state index < -0.39 is 11.5 Å². The molecule has 0 aromatic heterocycles. The first kappa shape index (κ1) is 18.9. The van der Waals surface area contributed by atoms with Gasteiger partial charge in [-0.15, -0.1) is 12.4 Å². The van der Waals surface area contributed by atoms with Gasteiger partial charge in [0.1, 0.15) is 0 Å². The number of aliphatic hydroxyl groups is 1. The summed E-state index contributed by atoms with van der Waals surface area (Å²) < 4.78 is 0. The Labute approximate surface area is 139 Å². The number of benzene rings is 1. The standard InChI is InChI=1S/C17H26N2O2.ClH/c1-17(2,12-18)16(21)19-10-6-9-14(19)11-15(20)13-7-4-3-5-8-13;/h3-5,7-8,14-15,20H,6,9-12,18H2,1-2H3;1H. The van der Waals surface area contributed by atoms with Gasteiger partial charge in [-0.1, -0.05) is 30.3 Å². The molecule has 4 nitrogen and oxygen atoms in total. The number of likely N-dealkylation sites (tertiary alicyclic amines) is 1. The van der Waals surface area contributed by atoms with Crippen LogP contribution in [0.3, 0.4) is 0 Å². The normalized spacial score (nSPS) is 19.6. The van der Waals surface area contributed by atoms with Crippen LogP contribution < -0.4 is 5.73 Å². The van der Waals surface area contributed by atoms with Crippen molar-refractivity contribution in [2.75, 3.05) is 13.1 Å². The third kappa shape index (κ3) is 4.22. The van der Waals surface area contributed by atoms with Gasteiger partial charge < -0.3 is 15.7 Å². The molecule has 1 aromatic carbocycles. The second kappa shape index (κ2) is 7.95. The van der Waals surface area contributed by atoms with Crippen LogP contribution in [-0.2, 0) is 4.79 Å². The van der Waals surface area contributed by atoms with Crippen molar-refractivity contribution in [3.63, 3.8) is 0 Å². The van der Waals surface area contributed by atoms with Crippen LogP contribution in [0.5, 0.6) is 0 Å². The molecule has 22 heavy (non-hydrogen) atoms. The number of nitrogens with two attached hydrogens (primary N) is 1. The van der Waals surface area contributed by atoms with E-state index >= 15 is 0 Å².